The summed E-state index contributed by atoms with van der Waals surface area (Å²) in [5.74, 6) is -0.507. The first kappa shape index (κ1) is 16.4. The number of nitrogens with zero attached hydrogens (tertiary/aromatic N) is 3. The molecule has 0 spiro atoms. The van der Waals surface area contributed by atoms with E-state index in [4.69, 9.17) is 0 Å². The van der Waals surface area contributed by atoms with Gasteiger partial charge < -0.3 is 15.1 Å². The summed E-state index contributed by atoms with van der Waals surface area (Å²) in [5, 5.41) is 19.9. The highest BCUT2D eigenvalue weighted by Crippen LogP contribution is 2.29. The highest BCUT2D eigenvalue weighted by molar-refractivity contribution is 5.93. The Labute approximate surface area is 140 Å². The first-order valence-corrected chi connectivity index (χ1v) is 7.99. The van der Waals surface area contributed by atoms with Gasteiger partial charge in [0.1, 0.15) is 11.4 Å². The van der Waals surface area contributed by atoms with Gasteiger partial charge in [-0.05, 0) is 49.6 Å². The zero-order valence-electron chi connectivity index (χ0n) is 13.8. The topological polar surface area (TPSA) is 86.5 Å². The van der Waals surface area contributed by atoms with E-state index in [1.54, 1.807) is 18.5 Å². The smallest absolute Gasteiger partial charge is 0.339 e. The summed E-state index contributed by atoms with van der Waals surface area (Å²) in [6.07, 6.45) is 3.69. The summed E-state index contributed by atoms with van der Waals surface area (Å²) in [6, 6.07) is 5.53. The second-order valence-corrected chi connectivity index (χ2v) is 6.36. The normalized spacial score (nSPS) is 20.4. The van der Waals surface area contributed by atoms with Gasteiger partial charge in [0.05, 0.1) is 6.10 Å². The first-order chi connectivity index (χ1) is 11.5. The number of β-amino-alcohol motifs (C(OH)–C–C–N with tert-alkyl or cyclic N) is 1. The minimum absolute atomic E-state index is 0.0393. The van der Waals surface area contributed by atoms with Gasteiger partial charge in [0.15, 0.2) is 0 Å². The SMILES string of the molecule is Cc1cc(C(=O)O)c(N2C[C@@H](Cc3ccncc3)[C@@H](O)C2)nc1C. The average molecular weight is 327 g/mol. The fraction of sp³-hybridized carbons (Fsp3) is 0.389. The van der Waals surface area contributed by atoms with Crippen LogP contribution in [0, 0.1) is 19.8 Å². The van der Waals surface area contributed by atoms with Crippen molar-refractivity contribution in [2.45, 2.75) is 26.4 Å². The second-order valence-electron chi connectivity index (χ2n) is 6.36. The van der Waals surface area contributed by atoms with Gasteiger partial charge in [0, 0.05) is 37.1 Å². The van der Waals surface area contributed by atoms with Crippen LogP contribution < -0.4 is 4.90 Å². The number of hydrogen-bond acceptors (Lipinski definition) is 5. The van der Waals surface area contributed by atoms with E-state index in [1.807, 2.05) is 30.9 Å². The summed E-state index contributed by atoms with van der Waals surface area (Å²) in [7, 11) is 0. The number of anilines is 1. The molecule has 6 nitrogen and oxygen atoms in total. The molecule has 6 heteroatoms. The van der Waals surface area contributed by atoms with Crippen LogP contribution in [0.25, 0.3) is 0 Å². The fourth-order valence-electron chi connectivity index (χ4n) is 3.14. The number of hydrogen-bond donors (Lipinski definition) is 2. The van der Waals surface area contributed by atoms with E-state index in [2.05, 4.69) is 9.97 Å². The van der Waals surface area contributed by atoms with E-state index in [0.29, 0.717) is 18.9 Å². The van der Waals surface area contributed by atoms with Crippen molar-refractivity contribution in [1.29, 1.82) is 0 Å². The van der Waals surface area contributed by atoms with Gasteiger partial charge in [-0.25, -0.2) is 9.78 Å². The highest BCUT2D eigenvalue weighted by atomic mass is 16.4. The average Bonchev–Trinajstić information content (AvgIpc) is 2.91. The highest BCUT2D eigenvalue weighted by Gasteiger charge is 2.34. The van der Waals surface area contributed by atoms with Crippen LogP contribution in [-0.4, -0.2) is 45.3 Å². The van der Waals surface area contributed by atoms with Crippen molar-refractivity contribution in [3.8, 4) is 0 Å². The number of aliphatic hydroxyl groups excluding tert-OH is 1. The van der Waals surface area contributed by atoms with Crippen LogP contribution in [0.1, 0.15) is 27.2 Å². The maximum absolute atomic E-state index is 11.6. The van der Waals surface area contributed by atoms with Crippen molar-refractivity contribution < 1.29 is 15.0 Å². The summed E-state index contributed by atoms with van der Waals surface area (Å²) in [5.41, 5.74) is 2.96. The molecule has 0 bridgehead atoms. The molecule has 24 heavy (non-hydrogen) atoms. The number of aliphatic hydroxyl groups is 1. The molecule has 0 aliphatic carbocycles. The molecule has 0 saturated carbocycles. The Morgan fingerprint density at radius 3 is 2.67 bits per heavy atom. The van der Waals surface area contributed by atoms with Crippen LogP contribution in [0.15, 0.2) is 30.6 Å². The molecule has 0 amide bonds. The molecule has 2 aromatic heterocycles. The van der Waals surface area contributed by atoms with E-state index < -0.39 is 12.1 Å². The lowest BCUT2D eigenvalue weighted by Gasteiger charge is -2.20. The van der Waals surface area contributed by atoms with Crippen molar-refractivity contribution in [2.75, 3.05) is 18.0 Å². The van der Waals surface area contributed by atoms with Crippen molar-refractivity contribution in [3.05, 3.63) is 53.0 Å². The maximum atomic E-state index is 11.6. The fourth-order valence-corrected chi connectivity index (χ4v) is 3.14. The van der Waals surface area contributed by atoms with Gasteiger partial charge in [-0.1, -0.05) is 0 Å². The molecular formula is C18H21N3O3. The molecule has 0 radical (unpaired) electrons. The number of carboxylic acid groups (broad SMARTS) is 1. The van der Waals surface area contributed by atoms with E-state index in [9.17, 15) is 15.0 Å². The van der Waals surface area contributed by atoms with E-state index in [-0.39, 0.29) is 11.5 Å². The largest absolute Gasteiger partial charge is 0.478 e. The van der Waals surface area contributed by atoms with Crippen molar-refractivity contribution in [1.82, 2.24) is 9.97 Å². The molecular weight excluding hydrogens is 306 g/mol. The molecule has 1 fully saturated rings. The molecule has 1 saturated heterocycles. The lowest BCUT2D eigenvalue weighted by atomic mass is 9.97. The molecule has 2 aromatic rings. The van der Waals surface area contributed by atoms with Gasteiger partial charge >= 0.3 is 5.97 Å². The number of carboxylic acids is 1. The monoisotopic (exact) mass is 327 g/mol. The molecule has 1 aliphatic rings. The Kier molecular flexibility index (Phi) is 4.49. The van der Waals surface area contributed by atoms with Gasteiger partial charge in [-0.3, -0.25) is 4.98 Å². The number of aryl methyl sites for hydroxylation is 2. The third-order valence-corrected chi connectivity index (χ3v) is 4.63. The summed E-state index contributed by atoms with van der Waals surface area (Å²) in [4.78, 5) is 21.9. The van der Waals surface area contributed by atoms with E-state index in [1.165, 1.54) is 0 Å². The Morgan fingerprint density at radius 2 is 2.00 bits per heavy atom. The molecule has 3 heterocycles. The van der Waals surface area contributed by atoms with Crippen LogP contribution in [0.4, 0.5) is 5.82 Å². The number of aromatic nitrogens is 2. The predicted molar refractivity (Wildman–Crippen MR) is 90.3 cm³/mol. The van der Waals surface area contributed by atoms with Crippen molar-refractivity contribution in [2.24, 2.45) is 5.92 Å². The van der Waals surface area contributed by atoms with E-state index >= 15 is 0 Å². The Hall–Kier alpha value is -2.47. The number of pyridine rings is 2. The Morgan fingerprint density at radius 1 is 1.29 bits per heavy atom. The zero-order chi connectivity index (χ0) is 17.3. The maximum Gasteiger partial charge on any atom is 0.339 e. The predicted octanol–water partition coefficient (Wildman–Crippen LogP) is 1.83. The minimum Gasteiger partial charge on any atom is -0.478 e. The first-order valence-electron chi connectivity index (χ1n) is 7.99. The zero-order valence-corrected chi connectivity index (χ0v) is 13.8. The summed E-state index contributed by atoms with van der Waals surface area (Å²) >= 11 is 0. The van der Waals surface area contributed by atoms with Crippen molar-refractivity contribution in [3.63, 3.8) is 0 Å². The van der Waals surface area contributed by atoms with E-state index in [0.717, 1.165) is 23.2 Å². The van der Waals surface area contributed by atoms with Gasteiger partial charge in [-0.2, -0.15) is 0 Å². The van der Waals surface area contributed by atoms with Crippen LogP contribution in [0.3, 0.4) is 0 Å². The number of rotatable bonds is 4. The third kappa shape index (κ3) is 3.23. The quantitative estimate of drug-likeness (QED) is 0.891. The second kappa shape index (κ2) is 6.57. The number of aromatic carboxylic acids is 1. The Bertz CT molecular complexity index is 749. The van der Waals surface area contributed by atoms with Gasteiger partial charge in [0.25, 0.3) is 0 Å². The standard InChI is InChI=1S/C18H21N3O3/c1-11-7-15(18(23)24)17(20-12(11)2)21-9-14(16(22)10-21)8-13-3-5-19-6-4-13/h3-7,14,16,22H,8-10H2,1-2H3,(H,23,24)/t14-,16+/m1/s1. The van der Waals surface area contributed by atoms with Gasteiger partial charge in [0.2, 0.25) is 0 Å². The molecule has 126 valence electrons. The lowest BCUT2D eigenvalue weighted by molar-refractivity contribution is 0.0697. The third-order valence-electron chi connectivity index (χ3n) is 4.63. The molecule has 2 atom stereocenters. The van der Waals surface area contributed by atoms with Crippen LogP contribution >= 0.6 is 0 Å². The van der Waals surface area contributed by atoms with Crippen LogP contribution in [-0.2, 0) is 6.42 Å². The molecule has 0 aromatic carbocycles. The summed E-state index contributed by atoms with van der Waals surface area (Å²) < 4.78 is 0. The van der Waals surface area contributed by atoms with Crippen LogP contribution in [0.2, 0.25) is 0 Å². The lowest BCUT2D eigenvalue weighted by Crippen LogP contribution is -2.25. The molecule has 0 unspecified atom stereocenters. The number of carbonyl (C=O) groups is 1. The minimum atomic E-state index is -0.993. The van der Waals surface area contributed by atoms with Crippen molar-refractivity contribution >= 4 is 11.8 Å². The molecule has 1 aliphatic heterocycles. The Balaban J connectivity index is 1.84. The van der Waals surface area contributed by atoms with Crippen LogP contribution in [0.5, 0.6) is 0 Å². The van der Waals surface area contributed by atoms with Gasteiger partial charge in [-0.15, -0.1) is 0 Å². The summed E-state index contributed by atoms with van der Waals surface area (Å²) in [6.45, 7) is 4.69. The molecule has 3 rings (SSSR count). The molecule has 2 N–H and O–H groups in total.